The molecule has 15 heavy (non-hydrogen) atoms. The highest BCUT2D eigenvalue weighted by Crippen LogP contribution is 2.16. The van der Waals surface area contributed by atoms with Crippen LogP contribution in [0.15, 0.2) is 0 Å². The predicted octanol–water partition coefficient (Wildman–Crippen LogP) is -0.387. The van der Waals surface area contributed by atoms with Gasteiger partial charge in [-0.05, 0) is 45.9 Å². The molecule has 0 amide bonds. The molecule has 1 fully saturated rings. The SMILES string of the molecule is CN1CCC(CN(C)CC(O)CO)CC1. The van der Waals surface area contributed by atoms with E-state index in [1.807, 2.05) is 7.05 Å². The van der Waals surface area contributed by atoms with Gasteiger partial charge in [0.25, 0.3) is 0 Å². The van der Waals surface area contributed by atoms with Crippen LogP contribution in [-0.2, 0) is 0 Å². The minimum Gasteiger partial charge on any atom is -0.394 e. The van der Waals surface area contributed by atoms with E-state index in [9.17, 15) is 5.11 Å². The summed E-state index contributed by atoms with van der Waals surface area (Å²) in [5, 5.41) is 18.0. The van der Waals surface area contributed by atoms with Crippen molar-refractivity contribution in [3.8, 4) is 0 Å². The minimum atomic E-state index is -0.596. The van der Waals surface area contributed by atoms with Crippen molar-refractivity contribution in [2.24, 2.45) is 5.92 Å². The lowest BCUT2D eigenvalue weighted by Gasteiger charge is -2.32. The summed E-state index contributed by atoms with van der Waals surface area (Å²) >= 11 is 0. The van der Waals surface area contributed by atoms with Crippen LogP contribution in [0.3, 0.4) is 0 Å². The molecule has 0 aliphatic carbocycles. The van der Waals surface area contributed by atoms with Gasteiger partial charge in [-0.2, -0.15) is 0 Å². The second kappa shape index (κ2) is 6.43. The molecule has 4 nitrogen and oxygen atoms in total. The molecular formula is C11H24N2O2. The number of piperidine rings is 1. The van der Waals surface area contributed by atoms with Crippen LogP contribution in [0.25, 0.3) is 0 Å². The first kappa shape index (κ1) is 12.9. The molecule has 1 aliphatic rings. The van der Waals surface area contributed by atoms with Gasteiger partial charge in [0.05, 0.1) is 12.7 Å². The van der Waals surface area contributed by atoms with E-state index >= 15 is 0 Å². The Bertz CT molecular complexity index is 170. The van der Waals surface area contributed by atoms with Crippen LogP contribution in [0, 0.1) is 5.92 Å². The number of nitrogens with zero attached hydrogens (tertiary/aromatic N) is 2. The molecule has 1 rings (SSSR count). The Labute approximate surface area is 92.5 Å². The topological polar surface area (TPSA) is 46.9 Å². The molecular weight excluding hydrogens is 192 g/mol. The number of aliphatic hydroxyl groups excluding tert-OH is 2. The summed E-state index contributed by atoms with van der Waals surface area (Å²) in [7, 11) is 4.17. The fourth-order valence-corrected chi connectivity index (χ4v) is 2.18. The minimum absolute atomic E-state index is 0.141. The van der Waals surface area contributed by atoms with Crippen LogP contribution >= 0.6 is 0 Å². The summed E-state index contributed by atoms with van der Waals surface area (Å²) in [4.78, 5) is 4.48. The van der Waals surface area contributed by atoms with Gasteiger partial charge in [-0.1, -0.05) is 0 Å². The zero-order chi connectivity index (χ0) is 11.3. The van der Waals surface area contributed by atoms with E-state index in [4.69, 9.17) is 5.11 Å². The third kappa shape index (κ3) is 4.93. The Morgan fingerprint density at radius 2 is 2.00 bits per heavy atom. The van der Waals surface area contributed by atoms with Gasteiger partial charge in [0.15, 0.2) is 0 Å². The molecule has 0 aromatic carbocycles. The van der Waals surface area contributed by atoms with Crippen LogP contribution in [0.4, 0.5) is 0 Å². The van der Waals surface area contributed by atoms with Crippen LogP contribution in [0.1, 0.15) is 12.8 Å². The van der Waals surface area contributed by atoms with Gasteiger partial charge in [0.2, 0.25) is 0 Å². The molecule has 1 atom stereocenters. The van der Waals surface area contributed by atoms with Gasteiger partial charge in [-0.3, -0.25) is 0 Å². The summed E-state index contributed by atoms with van der Waals surface area (Å²) in [6.07, 6.45) is 1.90. The third-order valence-corrected chi connectivity index (χ3v) is 3.14. The fraction of sp³-hybridized carbons (Fsp3) is 1.00. The maximum atomic E-state index is 9.30. The van der Waals surface area contributed by atoms with Crippen LogP contribution in [-0.4, -0.2) is 73.0 Å². The van der Waals surface area contributed by atoms with E-state index in [2.05, 4.69) is 16.8 Å². The van der Waals surface area contributed by atoms with Crippen LogP contribution in [0.5, 0.6) is 0 Å². The van der Waals surface area contributed by atoms with Crippen molar-refractivity contribution in [2.75, 3.05) is 46.9 Å². The summed E-state index contributed by atoms with van der Waals surface area (Å²) in [5.74, 6) is 0.747. The molecule has 90 valence electrons. The van der Waals surface area contributed by atoms with Crippen molar-refractivity contribution in [3.63, 3.8) is 0 Å². The van der Waals surface area contributed by atoms with Gasteiger partial charge >= 0.3 is 0 Å². The number of hydrogen-bond acceptors (Lipinski definition) is 4. The molecule has 0 spiro atoms. The maximum absolute atomic E-state index is 9.30. The Kier molecular flexibility index (Phi) is 5.53. The van der Waals surface area contributed by atoms with Gasteiger partial charge in [-0.15, -0.1) is 0 Å². The number of likely N-dealkylation sites (tertiary alicyclic amines) is 1. The van der Waals surface area contributed by atoms with Gasteiger partial charge in [-0.25, -0.2) is 0 Å². The lowest BCUT2D eigenvalue weighted by Crippen LogP contribution is -2.38. The van der Waals surface area contributed by atoms with Crippen molar-refractivity contribution in [3.05, 3.63) is 0 Å². The average molecular weight is 216 g/mol. The molecule has 1 aliphatic heterocycles. The largest absolute Gasteiger partial charge is 0.394 e. The van der Waals surface area contributed by atoms with Gasteiger partial charge in [0, 0.05) is 13.1 Å². The molecule has 0 aromatic rings. The summed E-state index contributed by atoms with van der Waals surface area (Å²) < 4.78 is 0. The molecule has 4 heteroatoms. The number of rotatable bonds is 5. The number of likely N-dealkylation sites (N-methyl/N-ethyl adjacent to an activating group) is 1. The van der Waals surface area contributed by atoms with E-state index in [0.717, 1.165) is 12.5 Å². The van der Waals surface area contributed by atoms with Crippen molar-refractivity contribution in [1.82, 2.24) is 9.80 Å². The first-order chi connectivity index (χ1) is 7.11. The average Bonchev–Trinajstić information content (AvgIpc) is 2.21. The lowest BCUT2D eigenvalue weighted by molar-refractivity contribution is 0.0585. The summed E-state index contributed by atoms with van der Waals surface area (Å²) in [5.41, 5.74) is 0. The second-order valence-corrected chi connectivity index (χ2v) is 4.80. The van der Waals surface area contributed by atoms with E-state index in [1.54, 1.807) is 0 Å². The van der Waals surface area contributed by atoms with E-state index < -0.39 is 6.10 Å². The molecule has 1 heterocycles. The molecule has 1 unspecified atom stereocenters. The highest BCUT2D eigenvalue weighted by molar-refractivity contribution is 4.73. The van der Waals surface area contributed by atoms with Crippen LogP contribution < -0.4 is 0 Å². The Balaban J connectivity index is 2.17. The normalized spacial score (nSPS) is 22.2. The van der Waals surface area contributed by atoms with E-state index in [-0.39, 0.29) is 6.61 Å². The van der Waals surface area contributed by atoms with Crippen molar-refractivity contribution < 1.29 is 10.2 Å². The first-order valence-corrected chi connectivity index (χ1v) is 5.78. The maximum Gasteiger partial charge on any atom is 0.0897 e. The Hall–Kier alpha value is -0.160. The van der Waals surface area contributed by atoms with E-state index in [0.29, 0.717) is 6.54 Å². The van der Waals surface area contributed by atoms with Crippen LogP contribution in [0.2, 0.25) is 0 Å². The van der Waals surface area contributed by atoms with E-state index in [1.165, 1.54) is 25.9 Å². The lowest BCUT2D eigenvalue weighted by atomic mass is 9.96. The van der Waals surface area contributed by atoms with Gasteiger partial charge < -0.3 is 20.0 Å². The highest BCUT2D eigenvalue weighted by atomic mass is 16.3. The highest BCUT2D eigenvalue weighted by Gasteiger charge is 2.18. The first-order valence-electron chi connectivity index (χ1n) is 5.78. The van der Waals surface area contributed by atoms with Crippen molar-refractivity contribution in [2.45, 2.75) is 18.9 Å². The quantitative estimate of drug-likeness (QED) is 0.657. The molecule has 0 bridgehead atoms. The number of aliphatic hydroxyl groups is 2. The zero-order valence-electron chi connectivity index (χ0n) is 9.89. The van der Waals surface area contributed by atoms with Gasteiger partial charge in [0.1, 0.15) is 0 Å². The molecule has 0 saturated carbocycles. The van der Waals surface area contributed by atoms with Crippen molar-refractivity contribution >= 4 is 0 Å². The predicted molar refractivity (Wildman–Crippen MR) is 60.8 cm³/mol. The number of hydrogen-bond donors (Lipinski definition) is 2. The fourth-order valence-electron chi connectivity index (χ4n) is 2.18. The summed E-state index contributed by atoms with van der Waals surface area (Å²) in [6, 6.07) is 0. The summed E-state index contributed by atoms with van der Waals surface area (Å²) in [6.45, 7) is 3.83. The monoisotopic (exact) mass is 216 g/mol. The Morgan fingerprint density at radius 3 is 2.53 bits per heavy atom. The standard InChI is InChI=1S/C11H24N2O2/c1-12-5-3-10(4-6-12)7-13(2)8-11(15)9-14/h10-11,14-15H,3-9H2,1-2H3. The molecule has 0 aromatic heterocycles. The van der Waals surface area contributed by atoms with Crippen molar-refractivity contribution in [1.29, 1.82) is 0 Å². The molecule has 0 radical (unpaired) electrons. The second-order valence-electron chi connectivity index (χ2n) is 4.80. The Morgan fingerprint density at radius 1 is 1.40 bits per heavy atom. The third-order valence-electron chi connectivity index (χ3n) is 3.14. The smallest absolute Gasteiger partial charge is 0.0897 e. The zero-order valence-corrected chi connectivity index (χ0v) is 9.89. The molecule has 1 saturated heterocycles. The molecule has 2 N–H and O–H groups in total.